The molecule has 7 nitrogen and oxygen atoms in total. The van der Waals surface area contributed by atoms with Gasteiger partial charge in [0.2, 0.25) is 5.89 Å². The fraction of sp³-hybridized carbons (Fsp3) is 0.550. The first-order chi connectivity index (χ1) is 13.3. The number of likely N-dealkylation sites (tertiary alicyclic amines) is 1. The summed E-state index contributed by atoms with van der Waals surface area (Å²) in [6.45, 7) is 2.82. The second-order valence-electron chi connectivity index (χ2n) is 7.17. The fourth-order valence-corrected chi connectivity index (χ4v) is 3.89. The largest absolute Gasteiger partial charge is 0.496 e. The Balaban J connectivity index is 1.46. The number of para-hydroxylation sites is 1. The molecule has 3 heterocycles. The van der Waals surface area contributed by atoms with E-state index in [1.807, 2.05) is 23.1 Å². The van der Waals surface area contributed by atoms with Crippen LogP contribution < -0.4 is 4.74 Å². The summed E-state index contributed by atoms with van der Waals surface area (Å²) in [5.74, 6) is 2.41. The van der Waals surface area contributed by atoms with Gasteiger partial charge in [0.15, 0.2) is 5.82 Å². The molecule has 1 unspecified atom stereocenters. The van der Waals surface area contributed by atoms with Crippen LogP contribution in [0.3, 0.4) is 0 Å². The topological polar surface area (TPSA) is 77.7 Å². The van der Waals surface area contributed by atoms with Crippen LogP contribution in [0.15, 0.2) is 28.8 Å². The summed E-state index contributed by atoms with van der Waals surface area (Å²) in [4.78, 5) is 19.5. The van der Waals surface area contributed by atoms with E-state index >= 15 is 0 Å². The molecule has 2 aliphatic rings. The zero-order valence-corrected chi connectivity index (χ0v) is 15.6. The molecule has 1 atom stereocenters. The Bertz CT molecular complexity index is 785. The number of piperidine rings is 1. The zero-order valence-electron chi connectivity index (χ0n) is 15.6. The van der Waals surface area contributed by atoms with Crippen LogP contribution in [0, 0.1) is 0 Å². The molecule has 2 aliphatic heterocycles. The van der Waals surface area contributed by atoms with Crippen LogP contribution in [-0.4, -0.2) is 54.4 Å². The minimum Gasteiger partial charge on any atom is -0.496 e. The van der Waals surface area contributed by atoms with E-state index in [0.29, 0.717) is 29.7 Å². The molecule has 2 aromatic rings. The Kier molecular flexibility index (Phi) is 5.38. The highest BCUT2D eigenvalue weighted by Crippen LogP contribution is 2.31. The summed E-state index contributed by atoms with van der Waals surface area (Å²) in [7, 11) is 1.58. The summed E-state index contributed by atoms with van der Waals surface area (Å²) in [5, 5.41) is 4.21. The number of amides is 1. The summed E-state index contributed by atoms with van der Waals surface area (Å²) in [5.41, 5.74) is 0.592. The molecule has 144 valence electrons. The Morgan fingerprint density at radius 1 is 1.19 bits per heavy atom. The van der Waals surface area contributed by atoms with Crippen LogP contribution >= 0.6 is 0 Å². The Morgan fingerprint density at radius 2 is 2.00 bits per heavy atom. The number of ether oxygens (including phenoxy) is 2. The highest BCUT2D eigenvalue weighted by atomic mass is 16.5. The molecule has 0 bridgehead atoms. The van der Waals surface area contributed by atoms with Crippen molar-refractivity contribution in [2.24, 2.45) is 0 Å². The average molecular weight is 371 g/mol. The molecule has 4 rings (SSSR count). The average Bonchev–Trinajstić information content (AvgIpc) is 3.24. The third-order valence-electron chi connectivity index (χ3n) is 5.44. The van der Waals surface area contributed by atoms with Crippen LogP contribution in [0.1, 0.15) is 59.6 Å². The van der Waals surface area contributed by atoms with E-state index < -0.39 is 0 Å². The number of benzene rings is 1. The van der Waals surface area contributed by atoms with E-state index in [9.17, 15) is 4.79 Å². The van der Waals surface area contributed by atoms with Gasteiger partial charge in [-0.1, -0.05) is 17.3 Å². The van der Waals surface area contributed by atoms with E-state index in [1.54, 1.807) is 13.2 Å². The minimum absolute atomic E-state index is 0.0127. The maximum atomic E-state index is 13.0. The van der Waals surface area contributed by atoms with Gasteiger partial charge in [0.1, 0.15) is 5.75 Å². The maximum Gasteiger partial charge on any atom is 0.257 e. The maximum absolute atomic E-state index is 13.0. The molecular formula is C20H25N3O4. The third kappa shape index (κ3) is 3.83. The number of aromatic nitrogens is 2. The molecule has 0 aliphatic carbocycles. The summed E-state index contributed by atoms with van der Waals surface area (Å²) >= 11 is 0. The van der Waals surface area contributed by atoms with Crippen LogP contribution in [0.5, 0.6) is 5.75 Å². The van der Waals surface area contributed by atoms with Gasteiger partial charge in [-0.05, 0) is 37.8 Å². The van der Waals surface area contributed by atoms with Crippen molar-refractivity contribution in [1.29, 1.82) is 0 Å². The van der Waals surface area contributed by atoms with Gasteiger partial charge in [0.25, 0.3) is 5.91 Å². The van der Waals surface area contributed by atoms with Crippen LogP contribution in [0.4, 0.5) is 0 Å². The number of carbonyl (C=O) groups is 1. The van der Waals surface area contributed by atoms with Crippen molar-refractivity contribution in [1.82, 2.24) is 15.0 Å². The SMILES string of the molecule is COc1ccccc1C(=O)N1CCCC(c2nc(C3CCOCC3)no2)C1. The summed E-state index contributed by atoms with van der Waals surface area (Å²) < 4.78 is 16.3. The predicted molar refractivity (Wildman–Crippen MR) is 98.0 cm³/mol. The van der Waals surface area contributed by atoms with Crippen molar-refractivity contribution in [2.75, 3.05) is 33.4 Å². The van der Waals surface area contributed by atoms with Gasteiger partial charge in [-0.25, -0.2) is 0 Å². The monoisotopic (exact) mass is 371 g/mol. The number of hydrogen-bond donors (Lipinski definition) is 0. The van der Waals surface area contributed by atoms with Gasteiger partial charge in [0, 0.05) is 32.2 Å². The third-order valence-corrected chi connectivity index (χ3v) is 5.44. The van der Waals surface area contributed by atoms with Crippen molar-refractivity contribution in [3.63, 3.8) is 0 Å². The molecule has 2 fully saturated rings. The molecule has 2 saturated heterocycles. The van der Waals surface area contributed by atoms with Crippen LogP contribution in [0.2, 0.25) is 0 Å². The number of nitrogens with zero attached hydrogens (tertiary/aromatic N) is 3. The first kappa shape index (κ1) is 18.0. The Hall–Kier alpha value is -2.41. The molecule has 0 saturated carbocycles. The first-order valence-electron chi connectivity index (χ1n) is 9.60. The smallest absolute Gasteiger partial charge is 0.257 e. The van der Waals surface area contributed by atoms with E-state index in [2.05, 4.69) is 10.1 Å². The van der Waals surface area contributed by atoms with Gasteiger partial charge in [-0.15, -0.1) is 0 Å². The zero-order chi connectivity index (χ0) is 18.6. The van der Waals surface area contributed by atoms with E-state index in [0.717, 1.165) is 51.3 Å². The van der Waals surface area contributed by atoms with E-state index in [4.69, 9.17) is 14.0 Å². The minimum atomic E-state index is -0.0127. The number of hydrogen-bond acceptors (Lipinski definition) is 6. The van der Waals surface area contributed by atoms with Crippen molar-refractivity contribution in [2.45, 2.75) is 37.5 Å². The predicted octanol–water partition coefficient (Wildman–Crippen LogP) is 2.99. The van der Waals surface area contributed by atoms with Crippen molar-refractivity contribution in [3.05, 3.63) is 41.5 Å². The van der Waals surface area contributed by atoms with Crippen molar-refractivity contribution >= 4 is 5.91 Å². The molecule has 27 heavy (non-hydrogen) atoms. The first-order valence-corrected chi connectivity index (χ1v) is 9.60. The number of rotatable bonds is 4. The van der Waals surface area contributed by atoms with Gasteiger partial charge in [-0.2, -0.15) is 4.98 Å². The molecule has 7 heteroatoms. The standard InChI is InChI=1S/C20H25N3O4/c1-25-17-7-3-2-6-16(17)20(24)23-10-4-5-15(13-23)19-21-18(22-27-19)14-8-11-26-12-9-14/h2-3,6-7,14-15H,4-5,8-13H2,1H3. The van der Waals surface area contributed by atoms with Gasteiger partial charge in [0.05, 0.1) is 18.6 Å². The highest BCUT2D eigenvalue weighted by molar-refractivity contribution is 5.97. The van der Waals surface area contributed by atoms with Crippen LogP contribution in [-0.2, 0) is 4.74 Å². The van der Waals surface area contributed by atoms with Gasteiger partial charge in [-0.3, -0.25) is 4.79 Å². The molecule has 0 radical (unpaired) electrons. The lowest BCUT2D eigenvalue weighted by atomic mass is 9.96. The fourth-order valence-electron chi connectivity index (χ4n) is 3.89. The lowest BCUT2D eigenvalue weighted by Crippen LogP contribution is -2.39. The summed E-state index contributed by atoms with van der Waals surface area (Å²) in [6, 6.07) is 7.34. The normalized spacial score (nSPS) is 21.2. The van der Waals surface area contributed by atoms with Crippen LogP contribution in [0.25, 0.3) is 0 Å². The van der Waals surface area contributed by atoms with E-state index in [1.165, 1.54) is 0 Å². The summed E-state index contributed by atoms with van der Waals surface area (Å²) in [6.07, 6.45) is 3.73. The second kappa shape index (κ2) is 8.08. The van der Waals surface area contributed by atoms with E-state index in [-0.39, 0.29) is 11.8 Å². The number of methoxy groups -OCH3 is 1. The molecule has 1 aromatic heterocycles. The lowest BCUT2D eigenvalue weighted by molar-refractivity contribution is 0.0692. The Morgan fingerprint density at radius 3 is 2.81 bits per heavy atom. The van der Waals surface area contributed by atoms with Gasteiger partial charge >= 0.3 is 0 Å². The van der Waals surface area contributed by atoms with Crippen molar-refractivity contribution < 1.29 is 18.8 Å². The molecule has 1 aromatic carbocycles. The second-order valence-corrected chi connectivity index (χ2v) is 7.17. The molecule has 0 spiro atoms. The van der Waals surface area contributed by atoms with Gasteiger partial charge < -0.3 is 18.9 Å². The molecule has 0 N–H and O–H groups in total. The Labute approximate surface area is 158 Å². The molecule has 1 amide bonds. The van der Waals surface area contributed by atoms with Crippen molar-refractivity contribution in [3.8, 4) is 5.75 Å². The lowest BCUT2D eigenvalue weighted by Gasteiger charge is -2.31. The molecular weight excluding hydrogens is 346 g/mol. The highest BCUT2D eigenvalue weighted by Gasteiger charge is 2.31. The quantitative estimate of drug-likeness (QED) is 0.822. The number of carbonyl (C=O) groups excluding carboxylic acids is 1.